The fraction of sp³-hybridized carbons (Fsp3) is 0.615. The molecule has 1 rings (SSSR count). The predicted octanol–water partition coefficient (Wildman–Crippen LogP) is 0.00730. The largest absolute Gasteiger partial charge is 0.467 e. The van der Waals surface area contributed by atoms with Gasteiger partial charge < -0.3 is 19.9 Å². The van der Waals surface area contributed by atoms with Crippen LogP contribution in [0.3, 0.4) is 0 Å². The number of hydrogen-bond donors (Lipinski definition) is 4. The zero-order valence-corrected chi connectivity index (χ0v) is 11.3. The summed E-state index contributed by atoms with van der Waals surface area (Å²) in [6.45, 7) is 3.39. The Morgan fingerprint density at radius 3 is 2.63 bits per heavy atom. The summed E-state index contributed by atoms with van der Waals surface area (Å²) in [4.78, 5) is 11.9. The molecule has 0 aliphatic heterocycles. The van der Waals surface area contributed by atoms with Gasteiger partial charge in [0.1, 0.15) is 5.76 Å². The number of carbonyl (C=O) groups is 1. The van der Waals surface area contributed by atoms with Crippen LogP contribution in [-0.2, 0) is 11.3 Å². The topological polar surface area (TPSA) is 94.7 Å². The highest BCUT2D eigenvalue weighted by Gasteiger charge is 2.30. The highest BCUT2D eigenvalue weighted by Crippen LogP contribution is 2.09. The van der Waals surface area contributed by atoms with Crippen molar-refractivity contribution in [2.75, 3.05) is 13.2 Å². The van der Waals surface area contributed by atoms with Gasteiger partial charge in [0.2, 0.25) is 5.91 Å². The van der Waals surface area contributed by atoms with E-state index in [1.807, 2.05) is 6.92 Å². The number of rotatable bonds is 8. The smallest absolute Gasteiger partial charge is 0.237 e. The Hall–Kier alpha value is -1.37. The lowest BCUT2D eigenvalue weighted by molar-refractivity contribution is -0.123. The van der Waals surface area contributed by atoms with Crippen molar-refractivity contribution in [2.45, 2.75) is 38.4 Å². The summed E-state index contributed by atoms with van der Waals surface area (Å²) < 4.78 is 5.11. The van der Waals surface area contributed by atoms with E-state index in [9.17, 15) is 15.0 Å². The molecule has 6 heteroatoms. The Balaban J connectivity index is 2.47. The molecule has 108 valence electrons. The van der Waals surface area contributed by atoms with E-state index in [2.05, 4.69) is 10.6 Å². The van der Waals surface area contributed by atoms with Crippen LogP contribution in [0.2, 0.25) is 0 Å². The van der Waals surface area contributed by atoms with Gasteiger partial charge in [0, 0.05) is 0 Å². The minimum absolute atomic E-state index is 0.212. The molecule has 0 aromatic carbocycles. The SMILES string of the molecule is CCC(CO)(CO)NC(C)C(=O)NCc1ccco1. The molecule has 6 nitrogen and oxygen atoms in total. The van der Waals surface area contributed by atoms with E-state index >= 15 is 0 Å². The van der Waals surface area contributed by atoms with Crippen molar-refractivity contribution in [3.05, 3.63) is 24.2 Å². The molecular weight excluding hydrogens is 248 g/mol. The van der Waals surface area contributed by atoms with Gasteiger partial charge in [-0.3, -0.25) is 10.1 Å². The first-order chi connectivity index (χ1) is 9.06. The van der Waals surface area contributed by atoms with E-state index in [1.165, 1.54) is 0 Å². The van der Waals surface area contributed by atoms with Crippen LogP contribution in [0.5, 0.6) is 0 Å². The van der Waals surface area contributed by atoms with Crippen molar-refractivity contribution in [3.8, 4) is 0 Å². The van der Waals surface area contributed by atoms with E-state index in [0.29, 0.717) is 18.7 Å². The Labute approximate surface area is 112 Å². The second-order valence-corrected chi connectivity index (χ2v) is 4.61. The van der Waals surface area contributed by atoms with Crippen molar-refractivity contribution in [1.82, 2.24) is 10.6 Å². The molecule has 4 N–H and O–H groups in total. The first kappa shape index (κ1) is 15.7. The normalized spacial score (nSPS) is 13.3. The molecule has 19 heavy (non-hydrogen) atoms. The van der Waals surface area contributed by atoms with Crippen molar-refractivity contribution < 1.29 is 19.4 Å². The number of nitrogens with one attached hydrogen (secondary N) is 2. The zero-order chi connectivity index (χ0) is 14.3. The second kappa shape index (κ2) is 7.28. The Morgan fingerprint density at radius 2 is 2.16 bits per heavy atom. The minimum Gasteiger partial charge on any atom is -0.467 e. The number of carbonyl (C=O) groups excluding carboxylic acids is 1. The molecule has 1 atom stereocenters. The fourth-order valence-electron chi connectivity index (χ4n) is 1.73. The van der Waals surface area contributed by atoms with E-state index in [-0.39, 0.29) is 19.1 Å². The number of furan rings is 1. The van der Waals surface area contributed by atoms with Crippen molar-refractivity contribution in [2.24, 2.45) is 0 Å². The first-order valence-electron chi connectivity index (χ1n) is 6.36. The third-order valence-electron chi connectivity index (χ3n) is 3.22. The van der Waals surface area contributed by atoms with Gasteiger partial charge in [-0.15, -0.1) is 0 Å². The average Bonchev–Trinajstić information content (AvgIpc) is 2.95. The molecule has 1 unspecified atom stereocenters. The van der Waals surface area contributed by atoms with Crippen LogP contribution in [0.4, 0.5) is 0 Å². The lowest BCUT2D eigenvalue weighted by Gasteiger charge is -2.32. The third kappa shape index (κ3) is 4.34. The van der Waals surface area contributed by atoms with E-state index in [4.69, 9.17) is 4.42 Å². The average molecular weight is 270 g/mol. The monoisotopic (exact) mass is 270 g/mol. The lowest BCUT2D eigenvalue weighted by Crippen LogP contribution is -2.58. The summed E-state index contributed by atoms with van der Waals surface area (Å²) in [5.41, 5.74) is -0.832. The summed E-state index contributed by atoms with van der Waals surface area (Å²) in [6.07, 6.45) is 2.07. The highest BCUT2D eigenvalue weighted by molar-refractivity contribution is 5.81. The van der Waals surface area contributed by atoms with Gasteiger partial charge in [-0.25, -0.2) is 0 Å². The highest BCUT2D eigenvalue weighted by atomic mass is 16.3. The molecular formula is C13H22N2O4. The Morgan fingerprint density at radius 1 is 1.47 bits per heavy atom. The zero-order valence-electron chi connectivity index (χ0n) is 11.3. The molecule has 1 aromatic heterocycles. The minimum atomic E-state index is -0.832. The van der Waals surface area contributed by atoms with Crippen molar-refractivity contribution >= 4 is 5.91 Å². The van der Waals surface area contributed by atoms with Gasteiger partial charge in [0.05, 0.1) is 37.6 Å². The first-order valence-corrected chi connectivity index (χ1v) is 6.36. The van der Waals surface area contributed by atoms with Crippen molar-refractivity contribution in [3.63, 3.8) is 0 Å². The molecule has 0 aliphatic rings. The van der Waals surface area contributed by atoms with Gasteiger partial charge >= 0.3 is 0 Å². The second-order valence-electron chi connectivity index (χ2n) is 4.61. The maximum atomic E-state index is 11.9. The maximum Gasteiger partial charge on any atom is 0.237 e. The molecule has 0 spiro atoms. The summed E-state index contributed by atoms with van der Waals surface area (Å²) in [5, 5.41) is 24.3. The molecule has 1 aromatic rings. The number of amides is 1. The Kier molecular flexibility index (Phi) is 6.01. The molecule has 0 saturated carbocycles. The predicted molar refractivity (Wildman–Crippen MR) is 70.3 cm³/mol. The van der Waals surface area contributed by atoms with Gasteiger partial charge in [-0.1, -0.05) is 6.92 Å². The van der Waals surface area contributed by atoms with E-state index in [0.717, 1.165) is 0 Å². The molecule has 1 heterocycles. The standard InChI is InChI=1S/C13H22N2O4/c1-3-13(8-16,9-17)15-10(2)12(18)14-7-11-5-4-6-19-11/h4-6,10,15-17H,3,7-9H2,1-2H3,(H,14,18). The van der Waals surface area contributed by atoms with E-state index < -0.39 is 11.6 Å². The van der Waals surface area contributed by atoms with Crippen LogP contribution in [0, 0.1) is 0 Å². The molecule has 1 amide bonds. The van der Waals surface area contributed by atoms with Gasteiger partial charge in [-0.05, 0) is 25.5 Å². The summed E-state index contributed by atoms with van der Waals surface area (Å²) in [5.74, 6) is 0.461. The molecule has 0 radical (unpaired) electrons. The van der Waals surface area contributed by atoms with Gasteiger partial charge in [-0.2, -0.15) is 0 Å². The number of hydrogen-bond acceptors (Lipinski definition) is 5. The fourth-order valence-corrected chi connectivity index (χ4v) is 1.73. The molecule has 0 aliphatic carbocycles. The van der Waals surface area contributed by atoms with Crippen LogP contribution >= 0.6 is 0 Å². The van der Waals surface area contributed by atoms with Crippen LogP contribution in [0.1, 0.15) is 26.0 Å². The van der Waals surface area contributed by atoms with Crippen molar-refractivity contribution in [1.29, 1.82) is 0 Å². The van der Waals surface area contributed by atoms with Crippen LogP contribution < -0.4 is 10.6 Å². The third-order valence-corrected chi connectivity index (χ3v) is 3.22. The number of aliphatic hydroxyl groups is 2. The molecule has 0 fully saturated rings. The van der Waals surface area contributed by atoms with Crippen LogP contribution in [0.15, 0.2) is 22.8 Å². The summed E-state index contributed by atoms with van der Waals surface area (Å²) in [6, 6.07) is 3.01. The van der Waals surface area contributed by atoms with Crippen LogP contribution in [-0.4, -0.2) is 40.9 Å². The summed E-state index contributed by atoms with van der Waals surface area (Å²) >= 11 is 0. The Bertz CT molecular complexity index is 366. The van der Waals surface area contributed by atoms with E-state index in [1.54, 1.807) is 25.3 Å². The maximum absolute atomic E-state index is 11.9. The van der Waals surface area contributed by atoms with Gasteiger partial charge in [0.15, 0.2) is 0 Å². The molecule has 0 bridgehead atoms. The quantitative estimate of drug-likeness (QED) is 0.534. The summed E-state index contributed by atoms with van der Waals surface area (Å²) in [7, 11) is 0. The molecule has 0 saturated heterocycles. The lowest BCUT2D eigenvalue weighted by atomic mass is 9.97. The van der Waals surface area contributed by atoms with Gasteiger partial charge in [0.25, 0.3) is 0 Å². The van der Waals surface area contributed by atoms with Crippen LogP contribution in [0.25, 0.3) is 0 Å². The number of aliphatic hydroxyl groups excluding tert-OH is 2.